The van der Waals surface area contributed by atoms with Gasteiger partial charge in [-0.15, -0.1) is 11.6 Å². The quantitative estimate of drug-likeness (QED) is 0.619. The van der Waals surface area contributed by atoms with Gasteiger partial charge in [-0.2, -0.15) is 0 Å². The summed E-state index contributed by atoms with van der Waals surface area (Å²) in [6.45, 7) is 2.09. The van der Waals surface area contributed by atoms with E-state index in [1.807, 2.05) is 18.2 Å². The minimum atomic E-state index is 0.291. The van der Waals surface area contributed by atoms with E-state index in [2.05, 4.69) is 31.2 Å². The molecule has 3 heteroatoms. The van der Waals surface area contributed by atoms with Crippen LogP contribution in [0.5, 0.6) is 0 Å². The first-order valence-electron chi connectivity index (χ1n) is 6.16. The van der Waals surface area contributed by atoms with Crippen molar-refractivity contribution in [1.82, 2.24) is 0 Å². The SMILES string of the molecule is Cc1cccc(C(CCl)Cc2ccc(Cl)c(Cl)c2)c1. The first-order valence-corrected chi connectivity index (χ1v) is 7.45. The minimum Gasteiger partial charge on any atom is -0.126 e. The molecule has 1 unspecified atom stereocenters. The molecule has 0 amide bonds. The third-order valence-corrected chi connectivity index (χ3v) is 4.28. The van der Waals surface area contributed by atoms with Crippen molar-refractivity contribution in [2.75, 3.05) is 5.88 Å². The predicted octanol–water partition coefficient (Wildman–Crippen LogP) is 5.87. The van der Waals surface area contributed by atoms with Gasteiger partial charge in [0, 0.05) is 11.8 Å². The summed E-state index contributed by atoms with van der Waals surface area (Å²) in [5, 5.41) is 1.18. The Morgan fingerprint density at radius 2 is 1.79 bits per heavy atom. The van der Waals surface area contributed by atoms with Gasteiger partial charge in [0.1, 0.15) is 0 Å². The Labute approximate surface area is 129 Å². The van der Waals surface area contributed by atoms with Crippen LogP contribution in [0.15, 0.2) is 42.5 Å². The molecule has 2 aromatic carbocycles. The fraction of sp³-hybridized carbons (Fsp3) is 0.250. The van der Waals surface area contributed by atoms with E-state index in [0.29, 0.717) is 21.8 Å². The summed E-state index contributed by atoms with van der Waals surface area (Å²) in [4.78, 5) is 0. The topological polar surface area (TPSA) is 0 Å². The van der Waals surface area contributed by atoms with Crippen molar-refractivity contribution >= 4 is 34.8 Å². The molecule has 19 heavy (non-hydrogen) atoms. The second-order valence-corrected chi connectivity index (χ2v) is 5.84. The number of hydrogen-bond donors (Lipinski definition) is 0. The molecule has 0 aliphatic rings. The molecule has 0 N–H and O–H groups in total. The van der Waals surface area contributed by atoms with Crippen LogP contribution >= 0.6 is 34.8 Å². The van der Waals surface area contributed by atoms with Crippen LogP contribution < -0.4 is 0 Å². The van der Waals surface area contributed by atoms with Crippen molar-refractivity contribution < 1.29 is 0 Å². The number of rotatable bonds is 4. The van der Waals surface area contributed by atoms with E-state index in [0.717, 1.165) is 12.0 Å². The summed E-state index contributed by atoms with van der Waals surface area (Å²) in [7, 11) is 0. The highest BCUT2D eigenvalue weighted by Gasteiger charge is 2.12. The van der Waals surface area contributed by atoms with Crippen LogP contribution in [-0.4, -0.2) is 5.88 Å². The van der Waals surface area contributed by atoms with E-state index in [-0.39, 0.29) is 0 Å². The number of benzene rings is 2. The Balaban J connectivity index is 2.21. The lowest BCUT2D eigenvalue weighted by Crippen LogP contribution is -2.05. The van der Waals surface area contributed by atoms with E-state index in [1.165, 1.54) is 11.1 Å². The van der Waals surface area contributed by atoms with Crippen LogP contribution in [0, 0.1) is 6.92 Å². The van der Waals surface area contributed by atoms with Gasteiger partial charge >= 0.3 is 0 Å². The summed E-state index contributed by atoms with van der Waals surface area (Å²) in [5.41, 5.74) is 3.67. The van der Waals surface area contributed by atoms with Gasteiger partial charge in [-0.1, -0.05) is 59.1 Å². The van der Waals surface area contributed by atoms with Crippen LogP contribution in [-0.2, 0) is 6.42 Å². The molecular weight excluding hydrogens is 299 g/mol. The Hall–Kier alpha value is -0.690. The fourth-order valence-electron chi connectivity index (χ4n) is 2.14. The van der Waals surface area contributed by atoms with Gasteiger partial charge in [0.15, 0.2) is 0 Å². The first kappa shape index (κ1) is 14.7. The Morgan fingerprint density at radius 3 is 2.42 bits per heavy atom. The summed E-state index contributed by atoms with van der Waals surface area (Å²) < 4.78 is 0. The van der Waals surface area contributed by atoms with Crippen molar-refractivity contribution in [2.45, 2.75) is 19.3 Å². The molecule has 0 fully saturated rings. The maximum atomic E-state index is 6.12. The van der Waals surface area contributed by atoms with Gasteiger partial charge in [-0.05, 0) is 36.6 Å². The second-order valence-electron chi connectivity index (χ2n) is 4.72. The first-order chi connectivity index (χ1) is 9.10. The molecule has 0 saturated heterocycles. The summed E-state index contributed by atoms with van der Waals surface area (Å²) in [5.74, 6) is 0.878. The highest BCUT2D eigenvalue weighted by molar-refractivity contribution is 6.42. The monoisotopic (exact) mass is 312 g/mol. The van der Waals surface area contributed by atoms with Crippen molar-refractivity contribution in [3.8, 4) is 0 Å². The zero-order chi connectivity index (χ0) is 13.8. The summed E-state index contributed by atoms with van der Waals surface area (Å²) >= 11 is 18.1. The summed E-state index contributed by atoms with van der Waals surface area (Å²) in [6, 6.07) is 14.2. The van der Waals surface area contributed by atoms with Gasteiger partial charge < -0.3 is 0 Å². The van der Waals surface area contributed by atoms with Crippen molar-refractivity contribution in [3.63, 3.8) is 0 Å². The lowest BCUT2D eigenvalue weighted by Gasteiger charge is -2.15. The third-order valence-electron chi connectivity index (χ3n) is 3.17. The third kappa shape index (κ3) is 3.89. The van der Waals surface area contributed by atoms with E-state index in [1.54, 1.807) is 0 Å². The normalized spacial score (nSPS) is 12.4. The fourth-order valence-corrected chi connectivity index (χ4v) is 2.74. The molecular formula is C16H15Cl3. The predicted molar refractivity (Wildman–Crippen MR) is 84.8 cm³/mol. The zero-order valence-electron chi connectivity index (χ0n) is 10.7. The van der Waals surface area contributed by atoms with Crippen LogP contribution in [0.4, 0.5) is 0 Å². The minimum absolute atomic E-state index is 0.291. The molecule has 0 saturated carbocycles. The molecule has 0 spiro atoms. The number of halogens is 3. The molecule has 0 radical (unpaired) electrons. The van der Waals surface area contributed by atoms with Gasteiger partial charge in [0.05, 0.1) is 10.0 Å². The molecule has 1 atom stereocenters. The number of aryl methyl sites for hydroxylation is 1. The lowest BCUT2D eigenvalue weighted by atomic mass is 9.92. The molecule has 2 aromatic rings. The molecule has 0 aromatic heterocycles. The Kier molecular flexibility index (Phi) is 5.15. The average molecular weight is 314 g/mol. The lowest BCUT2D eigenvalue weighted by molar-refractivity contribution is 0.765. The Morgan fingerprint density at radius 1 is 1.00 bits per heavy atom. The highest BCUT2D eigenvalue weighted by Crippen LogP contribution is 2.27. The van der Waals surface area contributed by atoms with Crippen molar-refractivity contribution in [2.24, 2.45) is 0 Å². The van der Waals surface area contributed by atoms with Crippen molar-refractivity contribution in [1.29, 1.82) is 0 Å². The summed E-state index contributed by atoms with van der Waals surface area (Å²) in [6.07, 6.45) is 0.865. The van der Waals surface area contributed by atoms with Crippen LogP contribution in [0.3, 0.4) is 0 Å². The number of hydrogen-bond acceptors (Lipinski definition) is 0. The van der Waals surface area contributed by atoms with Gasteiger partial charge in [0.25, 0.3) is 0 Å². The number of alkyl halides is 1. The van der Waals surface area contributed by atoms with Gasteiger partial charge in [0.2, 0.25) is 0 Å². The van der Waals surface area contributed by atoms with Crippen LogP contribution in [0.1, 0.15) is 22.6 Å². The van der Waals surface area contributed by atoms with E-state index in [4.69, 9.17) is 34.8 Å². The molecule has 0 heterocycles. The molecule has 100 valence electrons. The smallest absolute Gasteiger partial charge is 0.0595 e. The highest BCUT2D eigenvalue weighted by atomic mass is 35.5. The standard InChI is InChI=1S/C16H15Cl3/c1-11-3-2-4-13(7-11)14(10-17)8-12-5-6-15(18)16(19)9-12/h2-7,9,14H,8,10H2,1H3. The van der Waals surface area contributed by atoms with E-state index < -0.39 is 0 Å². The van der Waals surface area contributed by atoms with Crippen molar-refractivity contribution in [3.05, 3.63) is 69.2 Å². The second kappa shape index (κ2) is 6.65. The Bertz CT molecular complexity index is 564. The van der Waals surface area contributed by atoms with Gasteiger partial charge in [-0.3, -0.25) is 0 Å². The maximum Gasteiger partial charge on any atom is 0.0595 e. The maximum absolute atomic E-state index is 6.12. The van der Waals surface area contributed by atoms with Crippen LogP contribution in [0.25, 0.3) is 0 Å². The molecule has 0 bridgehead atoms. The zero-order valence-corrected chi connectivity index (χ0v) is 12.9. The average Bonchev–Trinajstić information content (AvgIpc) is 2.40. The molecule has 0 nitrogen and oxygen atoms in total. The van der Waals surface area contributed by atoms with E-state index in [9.17, 15) is 0 Å². The van der Waals surface area contributed by atoms with Crippen LogP contribution in [0.2, 0.25) is 10.0 Å². The van der Waals surface area contributed by atoms with Gasteiger partial charge in [-0.25, -0.2) is 0 Å². The molecule has 2 rings (SSSR count). The molecule has 0 aliphatic heterocycles. The largest absolute Gasteiger partial charge is 0.126 e. The molecule has 0 aliphatic carbocycles. The van der Waals surface area contributed by atoms with E-state index >= 15 is 0 Å².